The van der Waals surface area contributed by atoms with Crippen molar-refractivity contribution >= 4 is 11.6 Å². The topological polar surface area (TPSA) is 63.5 Å². The molecule has 0 atom stereocenters. The second-order valence-electron chi connectivity index (χ2n) is 5.19. The van der Waals surface area contributed by atoms with E-state index in [9.17, 15) is 0 Å². The Morgan fingerprint density at radius 1 is 1.30 bits per heavy atom. The third kappa shape index (κ3) is 2.69. The summed E-state index contributed by atoms with van der Waals surface area (Å²) in [6.07, 6.45) is 5.27. The zero-order valence-electron chi connectivity index (χ0n) is 11.6. The zero-order chi connectivity index (χ0) is 13.9. The molecule has 0 amide bonds. The van der Waals surface area contributed by atoms with Crippen LogP contribution in [-0.4, -0.2) is 5.96 Å². The third-order valence-corrected chi connectivity index (χ3v) is 3.73. The van der Waals surface area contributed by atoms with Crippen LogP contribution in [0.5, 0.6) is 0 Å². The Morgan fingerprint density at radius 3 is 2.95 bits per heavy atom. The number of aliphatic imine (C=N–C) groups is 1. The van der Waals surface area contributed by atoms with Gasteiger partial charge in [0.2, 0.25) is 0 Å². The number of fused-ring (bicyclic) bond motifs is 1. The molecule has 0 bridgehead atoms. The fraction of sp³-hybridized carbons (Fsp3) is 0.312. The molecule has 1 aliphatic rings. The van der Waals surface area contributed by atoms with Gasteiger partial charge in [-0.3, -0.25) is 0 Å². The van der Waals surface area contributed by atoms with E-state index in [1.807, 2.05) is 13.0 Å². The molecule has 0 spiro atoms. The minimum Gasteiger partial charge on any atom is -0.467 e. The Morgan fingerprint density at radius 2 is 2.15 bits per heavy atom. The summed E-state index contributed by atoms with van der Waals surface area (Å²) < 4.78 is 5.33. The molecule has 20 heavy (non-hydrogen) atoms. The number of hydrogen-bond acceptors (Lipinski definition) is 2. The average Bonchev–Trinajstić information content (AvgIpc) is 3.04. The molecule has 4 heteroatoms. The third-order valence-electron chi connectivity index (χ3n) is 3.73. The molecular formula is C16H19N3O. The van der Waals surface area contributed by atoms with Crippen LogP contribution in [0.1, 0.15) is 28.9 Å². The van der Waals surface area contributed by atoms with Crippen LogP contribution < -0.4 is 11.1 Å². The Kier molecular flexibility index (Phi) is 3.46. The van der Waals surface area contributed by atoms with Crippen molar-refractivity contribution in [3.8, 4) is 0 Å². The van der Waals surface area contributed by atoms with Crippen LogP contribution >= 0.6 is 0 Å². The van der Waals surface area contributed by atoms with E-state index < -0.39 is 0 Å². The van der Waals surface area contributed by atoms with E-state index in [2.05, 4.69) is 28.5 Å². The second kappa shape index (κ2) is 5.41. The first-order chi connectivity index (χ1) is 9.72. The van der Waals surface area contributed by atoms with Crippen LogP contribution in [-0.2, 0) is 19.4 Å². The van der Waals surface area contributed by atoms with E-state index in [4.69, 9.17) is 10.2 Å². The normalized spacial score (nSPS) is 14.3. The lowest BCUT2D eigenvalue weighted by molar-refractivity contribution is 0.510. The number of nitrogens with zero attached hydrogens (tertiary/aromatic N) is 1. The molecule has 0 aliphatic heterocycles. The molecule has 2 aromatic rings. The predicted octanol–water partition coefficient (Wildman–Crippen LogP) is 3.00. The van der Waals surface area contributed by atoms with Gasteiger partial charge in [0, 0.05) is 5.69 Å². The van der Waals surface area contributed by atoms with Gasteiger partial charge in [0.25, 0.3) is 0 Å². The number of hydrogen-bond donors (Lipinski definition) is 2. The van der Waals surface area contributed by atoms with Gasteiger partial charge in [0.1, 0.15) is 12.3 Å². The SMILES string of the molecule is Cc1ccoc1CN=C(N)Nc1ccc2c(c1)CCC2. The second-order valence-corrected chi connectivity index (χ2v) is 5.19. The smallest absolute Gasteiger partial charge is 0.193 e. The van der Waals surface area contributed by atoms with Gasteiger partial charge in [-0.2, -0.15) is 0 Å². The number of nitrogens with two attached hydrogens (primary N) is 1. The van der Waals surface area contributed by atoms with Crippen molar-refractivity contribution in [3.05, 3.63) is 53.0 Å². The molecule has 1 aliphatic carbocycles. The van der Waals surface area contributed by atoms with Crippen molar-refractivity contribution in [2.45, 2.75) is 32.7 Å². The van der Waals surface area contributed by atoms with E-state index in [0.717, 1.165) is 23.4 Å². The maximum atomic E-state index is 5.91. The molecule has 1 aromatic heterocycles. The number of nitrogens with one attached hydrogen (secondary N) is 1. The standard InChI is InChI=1S/C16H19N3O/c1-11-7-8-20-15(11)10-18-16(17)19-14-6-5-12-3-2-4-13(12)9-14/h5-9H,2-4,10H2,1H3,(H3,17,18,19). The van der Waals surface area contributed by atoms with E-state index in [1.54, 1.807) is 6.26 Å². The van der Waals surface area contributed by atoms with Crippen LogP contribution in [0.25, 0.3) is 0 Å². The molecule has 4 nitrogen and oxygen atoms in total. The van der Waals surface area contributed by atoms with Gasteiger partial charge in [-0.15, -0.1) is 0 Å². The maximum absolute atomic E-state index is 5.91. The van der Waals surface area contributed by atoms with Gasteiger partial charge in [0.15, 0.2) is 5.96 Å². The summed E-state index contributed by atoms with van der Waals surface area (Å²) in [5.41, 5.74) is 10.9. The number of aryl methyl sites for hydroxylation is 3. The highest BCUT2D eigenvalue weighted by Gasteiger charge is 2.10. The lowest BCUT2D eigenvalue weighted by Gasteiger charge is -2.07. The number of furan rings is 1. The molecular weight excluding hydrogens is 250 g/mol. The van der Waals surface area contributed by atoms with Crippen molar-refractivity contribution in [2.24, 2.45) is 10.7 Å². The summed E-state index contributed by atoms with van der Waals surface area (Å²) in [6.45, 7) is 2.46. The fourth-order valence-electron chi connectivity index (χ4n) is 2.56. The zero-order valence-corrected chi connectivity index (χ0v) is 11.6. The van der Waals surface area contributed by atoms with Crippen molar-refractivity contribution in [1.82, 2.24) is 0 Å². The number of benzene rings is 1. The summed E-state index contributed by atoms with van der Waals surface area (Å²) in [5, 5.41) is 3.14. The maximum Gasteiger partial charge on any atom is 0.193 e. The Balaban J connectivity index is 1.66. The number of anilines is 1. The Labute approximate surface area is 118 Å². The molecule has 1 aromatic carbocycles. The average molecular weight is 269 g/mol. The summed E-state index contributed by atoms with van der Waals surface area (Å²) in [6, 6.07) is 8.33. The van der Waals surface area contributed by atoms with Gasteiger partial charge < -0.3 is 15.5 Å². The van der Waals surface area contributed by atoms with Crippen LogP contribution in [0.2, 0.25) is 0 Å². The van der Waals surface area contributed by atoms with Crippen molar-refractivity contribution in [3.63, 3.8) is 0 Å². The lowest BCUT2D eigenvalue weighted by Crippen LogP contribution is -2.22. The molecule has 0 radical (unpaired) electrons. The van der Waals surface area contributed by atoms with Crippen LogP contribution in [0.3, 0.4) is 0 Å². The Hall–Kier alpha value is -2.23. The molecule has 0 unspecified atom stereocenters. The van der Waals surface area contributed by atoms with Crippen molar-refractivity contribution in [2.75, 3.05) is 5.32 Å². The molecule has 104 valence electrons. The van der Waals surface area contributed by atoms with E-state index in [0.29, 0.717) is 12.5 Å². The predicted molar refractivity (Wildman–Crippen MR) is 80.9 cm³/mol. The number of guanidine groups is 1. The van der Waals surface area contributed by atoms with Crippen LogP contribution in [0, 0.1) is 6.92 Å². The van der Waals surface area contributed by atoms with Gasteiger partial charge in [0.05, 0.1) is 6.26 Å². The van der Waals surface area contributed by atoms with E-state index in [1.165, 1.54) is 24.0 Å². The van der Waals surface area contributed by atoms with Gasteiger partial charge in [-0.25, -0.2) is 4.99 Å². The molecule has 3 rings (SSSR count). The summed E-state index contributed by atoms with van der Waals surface area (Å²) in [5.74, 6) is 1.27. The monoisotopic (exact) mass is 269 g/mol. The molecule has 0 saturated carbocycles. The van der Waals surface area contributed by atoms with Crippen molar-refractivity contribution in [1.29, 1.82) is 0 Å². The molecule has 0 saturated heterocycles. The molecule has 3 N–H and O–H groups in total. The van der Waals surface area contributed by atoms with Crippen LogP contribution in [0.4, 0.5) is 5.69 Å². The quantitative estimate of drug-likeness (QED) is 0.665. The first-order valence-corrected chi connectivity index (χ1v) is 6.94. The van der Waals surface area contributed by atoms with Crippen molar-refractivity contribution < 1.29 is 4.42 Å². The van der Waals surface area contributed by atoms with Gasteiger partial charge in [-0.05, 0) is 61.1 Å². The van der Waals surface area contributed by atoms with Gasteiger partial charge in [-0.1, -0.05) is 6.07 Å². The summed E-state index contributed by atoms with van der Waals surface area (Å²) in [7, 11) is 0. The molecule has 1 heterocycles. The summed E-state index contributed by atoms with van der Waals surface area (Å²) >= 11 is 0. The molecule has 0 fully saturated rings. The Bertz CT molecular complexity index is 643. The lowest BCUT2D eigenvalue weighted by atomic mass is 10.1. The van der Waals surface area contributed by atoms with E-state index >= 15 is 0 Å². The minimum atomic E-state index is 0.416. The van der Waals surface area contributed by atoms with E-state index in [-0.39, 0.29) is 0 Å². The highest BCUT2D eigenvalue weighted by molar-refractivity contribution is 5.92. The first kappa shape index (κ1) is 12.8. The fourth-order valence-corrected chi connectivity index (χ4v) is 2.56. The number of rotatable bonds is 3. The largest absolute Gasteiger partial charge is 0.467 e. The van der Waals surface area contributed by atoms with Gasteiger partial charge >= 0.3 is 0 Å². The minimum absolute atomic E-state index is 0.416. The highest BCUT2D eigenvalue weighted by Crippen LogP contribution is 2.24. The first-order valence-electron chi connectivity index (χ1n) is 6.94. The highest BCUT2D eigenvalue weighted by atomic mass is 16.3. The summed E-state index contributed by atoms with van der Waals surface area (Å²) in [4.78, 5) is 4.31. The van der Waals surface area contributed by atoms with Crippen LogP contribution in [0.15, 0.2) is 39.9 Å².